The van der Waals surface area contributed by atoms with Crippen LogP contribution in [0.4, 0.5) is 0 Å². The Morgan fingerprint density at radius 1 is 0.800 bits per heavy atom. The molecule has 0 atom stereocenters. The van der Waals surface area contributed by atoms with E-state index in [-0.39, 0.29) is 0 Å². The van der Waals surface area contributed by atoms with Crippen molar-refractivity contribution in [3.63, 3.8) is 0 Å². The zero-order chi connectivity index (χ0) is 10.7. The Hall–Kier alpha value is -1.80. The molecule has 0 N–H and O–H groups in total. The van der Waals surface area contributed by atoms with Crippen LogP contribution < -0.4 is 0 Å². The number of hydrogen-bond donors (Lipinski definition) is 0. The molecule has 0 heterocycles. The van der Waals surface area contributed by atoms with Crippen molar-refractivity contribution in [2.45, 2.75) is 32.1 Å². The largest absolute Gasteiger partial charge is 0.192 e. The van der Waals surface area contributed by atoms with E-state index < -0.39 is 0 Å². The van der Waals surface area contributed by atoms with E-state index in [1.807, 2.05) is 12.1 Å². The summed E-state index contributed by atoms with van der Waals surface area (Å²) in [6.07, 6.45) is 5.75. The first-order chi connectivity index (χ1) is 7.35. The molecule has 0 radical (unpaired) electrons. The summed E-state index contributed by atoms with van der Waals surface area (Å²) in [4.78, 5) is 0. The lowest BCUT2D eigenvalue weighted by molar-refractivity contribution is 0.711. The predicted molar refractivity (Wildman–Crippen MR) is 57.1 cm³/mol. The fourth-order valence-corrected chi connectivity index (χ4v) is 2.15. The number of rotatable bonds is 0. The zero-order valence-corrected chi connectivity index (χ0v) is 8.58. The topological polar surface area (TPSA) is 47.6 Å². The van der Waals surface area contributed by atoms with Gasteiger partial charge in [-0.25, -0.2) is 0 Å². The van der Waals surface area contributed by atoms with Gasteiger partial charge in [0.25, 0.3) is 0 Å². The third-order valence-electron chi connectivity index (χ3n) is 2.97. The third kappa shape index (κ3) is 1.85. The first-order valence-corrected chi connectivity index (χ1v) is 5.31. The molecule has 1 aromatic rings. The molecule has 0 saturated heterocycles. The van der Waals surface area contributed by atoms with Gasteiger partial charge in [0.05, 0.1) is 11.1 Å². The van der Waals surface area contributed by atoms with Crippen LogP contribution in [0.3, 0.4) is 0 Å². The van der Waals surface area contributed by atoms with Crippen molar-refractivity contribution in [3.05, 3.63) is 34.4 Å². The molecule has 1 aliphatic carbocycles. The highest BCUT2D eigenvalue weighted by atomic mass is 14.3. The lowest BCUT2D eigenvalue weighted by atomic mass is 9.96. The van der Waals surface area contributed by atoms with E-state index in [4.69, 9.17) is 10.5 Å². The normalized spacial score (nSPS) is 14.5. The molecule has 0 amide bonds. The molecule has 1 aromatic carbocycles. The fourth-order valence-electron chi connectivity index (χ4n) is 2.15. The van der Waals surface area contributed by atoms with Gasteiger partial charge in [0.1, 0.15) is 12.1 Å². The molecule has 0 aromatic heterocycles. The second-order valence-corrected chi connectivity index (χ2v) is 3.95. The Balaban J connectivity index is 2.53. The summed E-state index contributed by atoms with van der Waals surface area (Å²) in [5, 5.41) is 17.8. The molecule has 0 aliphatic heterocycles. The van der Waals surface area contributed by atoms with E-state index in [0.29, 0.717) is 11.1 Å². The molecule has 0 bridgehead atoms. The van der Waals surface area contributed by atoms with E-state index in [0.717, 1.165) is 12.8 Å². The van der Waals surface area contributed by atoms with Gasteiger partial charge in [-0.15, -0.1) is 0 Å². The maximum Gasteiger partial charge on any atom is 0.101 e. The highest BCUT2D eigenvalue weighted by Crippen LogP contribution is 2.23. The van der Waals surface area contributed by atoms with E-state index >= 15 is 0 Å². The van der Waals surface area contributed by atoms with Crippen LogP contribution in [-0.4, -0.2) is 0 Å². The number of benzene rings is 1. The second kappa shape index (κ2) is 4.15. The smallest absolute Gasteiger partial charge is 0.101 e. The maximum absolute atomic E-state index is 8.92. The molecular formula is C13H12N2. The van der Waals surface area contributed by atoms with Gasteiger partial charge < -0.3 is 0 Å². The monoisotopic (exact) mass is 196 g/mol. The number of hydrogen-bond acceptors (Lipinski definition) is 2. The minimum atomic E-state index is 0.526. The Morgan fingerprint density at radius 2 is 1.27 bits per heavy atom. The summed E-state index contributed by atoms with van der Waals surface area (Å²) in [6.45, 7) is 0. The summed E-state index contributed by atoms with van der Waals surface area (Å²) in [6, 6.07) is 7.99. The molecule has 2 nitrogen and oxygen atoms in total. The number of nitriles is 2. The first kappa shape index (κ1) is 9.74. The maximum atomic E-state index is 8.92. The summed E-state index contributed by atoms with van der Waals surface area (Å²) >= 11 is 0. The molecule has 0 saturated carbocycles. The van der Waals surface area contributed by atoms with E-state index in [1.54, 1.807) is 0 Å². The van der Waals surface area contributed by atoms with Crippen molar-refractivity contribution in [2.75, 3.05) is 0 Å². The molecular weight excluding hydrogens is 184 g/mol. The summed E-state index contributed by atoms with van der Waals surface area (Å²) in [5.74, 6) is 0. The van der Waals surface area contributed by atoms with Crippen LogP contribution in [0, 0.1) is 22.7 Å². The highest BCUT2D eigenvalue weighted by molar-refractivity contribution is 5.50. The second-order valence-electron chi connectivity index (χ2n) is 3.95. The lowest BCUT2D eigenvalue weighted by Gasteiger charge is -2.06. The Morgan fingerprint density at radius 3 is 1.67 bits per heavy atom. The van der Waals surface area contributed by atoms with Gasteiger partial charge in [-0.1, -0.05) is 6.42 Å². The average Bonchev–Trinajstić information content (AvgIpc) is 2.51. The van der Waals surface area contributed by atoms with Crippen LogP contribution in [0.25, 0.3) is 0 Å². The van der Waals surface area contributed by atoms with Crippen molar-refractivity contribution in [1.29, 1.82) is 10.5 Å². The standard InChI is InChI=1S/C13H12N2/c14-8-12-6-10-4-2-1-3-5-11(10)7-13(12)9-15/h6-7H,1-5H2. The van der Waals surface area contributed by atoms with Gasteiger partial charge in [0.15, 0.2) is 0 Å². The molecule has 2 heteroatoms. The van der Waals surface area contributed by atoms with Crippen LogP contribution in [0.15, 0.2) is 12.1 Å². The molecule has 15 heavy (non-hydrogen) atoms. The van der Waals surface area contributed by atoms with Crippen LogP contribution in [0.2, 0.25) is 0 Å². The summed E-state index contributed by atoms with van der Waals surface area (Å²) in [7, 11) is 0. The van der Waals surface area contributed by atoms with Crippen molar-refractivity contribution in [1.82, 2.24) is 0 Å². The van der Waals surface area contributed by atoms with Crippen LogP contribution in [-0.2, 0) is 12.8 Å². The Bertz CT molecular complexity index is 418. The fraction of sp³-hybridized carbons (Fsp3) is 0.385. The third-order valence-corrected chi connectivity index (χ3v) is 2.97. The van der Waals surface area contributed by atoms with Crippen LogP contribution in [0.1, 0.15) is 41.5 Å². The Kier molecular flexibility index (Phi) is 2.70. The number of aryl methyl sites for hydroxylation is 2. The van der Waals surface area contributed by atoms with Gasteiger partial charge in [0.2, 0.25) is 0 Å². The predicted octanol–water partition coefficient (Wildman–Crippen LogP) is 2.70. The minimum Gasteiger partial charge on any atom is -0.192 e. The van der Waals surface area contributed by atoms with Gasteiger partial charge in [-0.3, -0.25) is 0 Å². The highest BCUT2D eigenvalue weighted by Gasteiger charge is 2.11. The van der Waals surface area contributed by atoms with E-state index in [9.17, 15) is 0 Å². The SMILES string of the molecule is N#Cc1cc2c(cc1C#N)CCCCC2. The van der Waals surface area contributed by atoms with E-state index in [2.05, 4.69) is 12.1 Å². The minimum absolute atomic E-state index is 0.526. The zero-order valence-electron chi connectivity index (χ0n) is 8.58. The average molecular weight is 196 g/mol. The molecule has 0 fully saturated rings. The molecule has 2 rings (SSSR count). The summed E-state index contributed by atoms with van der Waals surface area (Å²) in [5.41, 5.74) is 3.59. The van der Waals surface area contributed by atoms with Gasteiger partial charge in [-0.2, -0.15) is 10.5 Å². The molecule has 0 unspecified atom stereocenters. The van der Waals surface area contributed by atoms with Crippen LogP contribution >= 0.6 is 0 Å². The van der Waals surface area contributed by atoms with Crippen LogP contribution in [0.5, 0.6) is 0 Å². The summed E-state index contributed by atoms with van der Waals surface area (Å²) < 4.78 is 0. The van der Waals surface area contributed by atoms with Gasteiger partial charge >= 0.3 is 0 Å². The molecule has 0 spiro atoms. The van der Waals surface area contributed by atoms with Crippen molar-refractivity contribution in [2.24, 2.45) is 0 Å². The van der Waals surface area contributed by atoms with Gasteiger partial charge in [0, 0.05) is 0 Å². The Labute approximate surface area is 89.8 Å². The van der Waals surface area contributed by atoms with Crippen molar-refractivity contribution >= 4 is 0 Å². The quantitative estimate of drug-likeness (QED) is 0.599. The van der Waals surface area contributed by atoms with Crippen molar-refractivity contribution in [3.8, 4) is 12.1 Å². The van der Waals surface area contributed by atoms with Gasteiger partial charge in [-0.05, 0) is 48.9 Å². The molecule has 74 valence electrons. The number of nitrogens with zero attached hydrogens (tertiary/aromatic N) is 2. The molecule has 1 aliphatic rings. The first-order valence-electron chi connectivity index (χ1n) is 5.31. The van der Waals surface area contributed by atoms with E-state index in [1.165, 1.54) is 30.4 Å². The lowest BCUT2D eigenvalue weighted by Crippen LogP contribution is -1.95. The number of fused-ring (bicyclic) bond motifs is 1. The van der Waals surface area contributed by atoms with Crippen molar-refractivity contribution < 1.29 is 0 Å².